The van der Waals surface area contributed by atoms with Crippen molar-refractivity contribution in [3.8, 4) is 16.9 Å². The highest BCUT2D eigenvalue weighted by Crippen LogP contribution is 2.31. The minimum absolute atomic E-state index is 0.00592. The summed E-state index contributed by atoms with van der Waals surface area (Å²) in [6, 6.07) is 20.8. The molecule has 0 aliphatic heterocycles. The SMILES string of the molecule is COC(=O)c1c(-c2ccc3ccn(Cc4cccnc4)c3c2)nn(-c2ccccc2)c1C(=O)OC. The summed E-state index contributed by atoms with van der Waals surface area (Å²) in [6.07, 6.45) is 5.58. The Hall–Kier alpha value is -4.72. The van der Waals surface area contributed by atoms with Crippen LogP contribution in [0.4, 0.5) is 0 Å². The van der Waals surface area contributed by atoms with E-state index in [9.17, 15) is 9.59 Å². The molecule has 0 radical (unpaired) electrons. The maximum absolute atomic E-state index is 12.9. The average molecular weight is 466 g/mol. The predicted molar refractivity (Wildman–Crippen MR) is 131 cm³/mol. The first-order valence-electron chi connectivity index (χ1n) is 10.9. The summed E-state index contributed by atoms with van der Waals surface area (Å²) in [5.41, 5.74) is 3.69. The molecule has 8 nitrogen and oxygen atoms in total. The van der Waals surface area contributed by atoms with Crippen molar-refractivity contribution in [3.63, 3.8) is 0 Å². The summed E-state index contributed by atoms with van der Waals surface area (Å²) in [5, 5.41) is 5.72. The number of aromatic nitrogens is 4. The molecule has 174 valence electrons. The quantitative estimate of drug-likeness (QED) is 0.342. The highest BCUT2D eigenvalue weighted by molar-refractivity contribution is 6.07. The molecule has 0 aliphatic rings. The van der Waals surface area contributed by atoms with E-state index in [2.05, 4.69) is 14.6 Å². The molecule has 2 aromatic carbocycles. The number of carbonyl (C=O) groups excluding carboxylic acids is 2. The van der Waals surface area contributed by atoms with Crippen LogP contribution < -0.4 is 0 Å². The van der Waals surface area contributed by atoms with Crippen LogP contribution >= 0.6 is 0 Å². The summed E-state index contributed by atoms with van der Waals surface area (Å²) in [7, 11) is 2.54. The molecule has 0 bridgehead atoms. The van der Waals surface area contributed by atoms with Gasteiger partial charge in [-0.2, -0.15) is 5.10 Å². The Kier molecular flexibility index (Phi) is 5.85. The molecule has 35 heavy (non-hydrogen) atoms. The van der Waals surface area contributed by atoms with Crippen molar-refractivity contribution in [2.24, 2.45) is 0 Å². The first-order valence-corrected chi connectivity index (χ1v) is 10.9. The van der Waals surface area contributed by atoms with E-state index in [1.165, 1.54) is 18.9 Å². The third-order valence-corrected chi connectivity index (χ3v) is 5.78. The van der Waals surface area contributed by atoms with E-state index < -0.39 is 11.9 Å². The number of esters is 2. The molecule has 0 atom stereocenters. The van der Waals surface area contributed by atoms with E-state index in [0.29, 0.717) is 23.5 Å². The van der Waals surface area contributed by atoms with E-state index in [4.69, 9.17) is 9.47 Å². The topological polar surface area (TPSA) is 88.2 Å². The van der Waals surface area contributed by atoms with Gasteiger partial charge in [-0.1, -0.05) is 36.4 Å². The molecule has 3 aromatic heterocycles. The molecule has 0 aliphatic carbocycles. The summed E-state index contributed by atoms with van der Waals surface area (Å²) in [5.74, 6) is -1.36. The number of benzene rings is 2. The Labute approximate surface area is 201 Å². The summed E-state index contributed by atoms with van der Waals surface area (Å²) in [4.78, 5) is 29.9. The number of pyridine rings is 1. The second-order valence-corrected chi connectivity index (χ2v) is 7.88. The third-order valence-electron chi connectivity index (χ3n) is 5.78. The van der Waals surface area contributed by atoms with Crippen LogP contribution in [0.1, 0.15) is 26.4 Å². The number of ether oxygens (including phenoxy) is 2. The summed E-state index contributed by atoms with van der Waals surface area (Å²) < 4.78 is 13.6. The molecule has 5 rings (SSSR count). The van der Waals surface area contributed by atoms with Crippen molar-refractivity contribution in [1.82, 2.24) is 19.3 Å². The molecule has 3 heterocycles. The Morgan fingerprint density at radius 1 is 0.914 bits per heavy atom. The van der Waals surface area contributed by atoms with E-state index in [-0.39, 0.29) is 11.3 Å². The van der Waals surface area contributed by atoms with Crippen molar-refractivity contribution < 1.29 is 19.1 Å². The Balaban J connectivity index is 1.71. The fourth-order valence-electron chi connectivity index (χ4n) is 4.11. The zero-order valence-electron chi connectivity index (χ0n) is 19.2. The van der Waals surface area contributed by atoms with Crippen LogP contribution in [0.2, 0.25) is 0 Å². The molecule has 0 saturated carbocycles. The number of nitrogens with zero attached hydrogens (tertiary/aromatic N) is 4. The molecule has 0 amide bonds. The summed E-state index contributed by atoms with van der Waals surface area (Å²) >= 11 is 0. The van der Waals surface area contributed by atoms with Crippen LogP contribution in [0.5, 0.6) is 0 Å². The number of hydrogen-bond donors (Lipinski definition) is 0. The van der Waals surface area contributed by atoms with Crippen molar-refractivity contribution in [3.05, 3.63) is 102 Å². The van der Waals surface area contributed by atoms with E-state index in [1.54, 1.807) is 18.3 Å². The highest BCUT2D eigenvalue weighted by atomic mass is 16.5. The lowest BCUT2D eigenvalue weighted by atomic mass is 10.0. The summed E-state index contributed by atoms with van der Waals surface area (Å²) in [6.45, 7) is 0.635. The Morgan fingerprint density at radius 2 is 1.71 bits per heavy atom. The standard InChI is InChI=1S/C27H22N4O4/c1-34-26(32)23-24(29-31(25(23)27(33)35-2)21-8-4-3-5-9-21)20-11-10-19-12-14-30(22(19)15-20)17-18-7-6-13-28-16-18/h3-16H,17H2,1-2H3. The number of rotatable bonds is 6. The van der Waals surface area contributed by atoms with Crippen LogP contribution in [0.3, 0.4) is 0 Å². The van der Waals surface area contributed by atoms with Gasteiger partial charge in [0.15, 0.2) is 5.69 Å². The fourth-order valence-corrected chi connectivity index (χ4v) is 4.11. The van der Waals surface area contributed by atoms with Gasteiger partial charge in [-0.25, -0.2) is 14.3 Å². The van der Waals surface area contributed by atoms with Gasteiger partial charge in [0.05, 0.1) is 19.9 Å². The van der Waals surface area contributed by atoms with Gasteiger partial charge in [0, 0.05) is 36.2 Å². The zero-order valence-corrected chi connectivity index (χ0v) is 19.2. The second kappa shape index (κ2) is 9.26. The van der Waals surface area contributed by atoms with Gasteiger partial charge in [-0.15, -0.1) is 0 Å². The maximum atomic E-state index is 12.9. The van der Waals surface area contributed by atoms with Crippen LogP contribution in [-0.4, -0.2) is 45.5 Å². The lowest BCUT2D eigenvalue weighted by molar-refractivity contribution is 0.0549. The van der Waals surface area contributed by atoms with Crippen LogP contribution in [0.15, 0.2) is 85.3 Å². The predicted octanol–water partition coefficient (Wildman–Crippen LogP) is 4.51. The van der Waals surface area contributed by atoms with Gasteiger partial charge in [-0.3, -0.25) is 4.98 Å². The van der Waals surface area contributed by atoms with Gasteiger partial charge in [0.25, 0.3) is 0 Å². The number of hydrogen-bond acceptors (Lipinski definition) is 6. The van der Waals surface area contributed by atoms with Crippen molar-refractivity contribution in [1.29, 1.82) is 0 Å². The minimum atomic E-state index is -0.686. The molecule has 0 N–H and O–H groups in total. The van der Waals surface area contributed by atoms with Crippen molar-refractivity contribution >= 4 is 22.8 Å². The van der Waals surface area contributed by atoms with Gasteiger partial charge < -0.3 is 14.0 Å². The largest absolute Gasteiger partial charge is 0.465 e. The normalized spacial score (nSPS) is 10.9. The molecule has 8 heteroatoms. The number of fused-ring (bicyclic) bond motifs is 1. The Bertz CT molecular complexity index is 1520. The number of carbonyl (C=O) groups is 2. The molecule has 0 spiro atoms. The third kappa shape index (κ3) is 4.06. The zero-order chi connectivity index (χ0) is 24.4. The monoisotopic (exact) mass is 466 g/mol. The molecule has 0 saturated heterocycles. The van der Waals surface area contributed by atoms with Crippen LogP contribution in [-0.2, 0) is 16.0 Å². The highest BCUT2D eigenvalue weighted by Gasteiger charge is 2.31. The Morgan fingerprint density at radius 3 is 2.43 bits per heavy atom. The average Bonchev–Trinajstić information content (AvgIpc) is 3.50. The molecule has 5 aromatic rings. The van der Waals surface area contributed by atoms with Crippen molar-refractivity contribution in [2.75, 3.05) is 14.2 Å². The van der Waals surface area contributed by atoms with Gasteiger partial charge in [0.1, 0.15) is 11.3 Å². The van der Waals surface area contributed by atoms with Gasteiger partial charge in [-0.05, 0) is 41.3 Å². The second-order valence-electron chi connectivity index (χ2n) is 7.88. The van der Waals surface area contributed by atoms with E-state index in [1.807, 2.05) is 67.0 Å². The number of para-hydroxylation sites is 1. The molecular formula is C27H22N4O4. The lowest BCUT2D eigenvalue weighted by Crippen LogP contribution is -2.15. The van der Waals surface area contributed by atoms with E-state index in [0.717, 1.165) is 16.5 Å². The smallest absolute Gasteiger partial charge is 0.357 e. The first kappa shape index (κ1) is 22.1. The number of methoxy groups -OCH3 is 2. The van der Waals surface area contributed by atoms with Crippen molar-refractivity contribution in [2.45, 2.75) is 6.54 Å². The minimum Gasteiger partial charge on any atom is -0.465 e. The lowest BCUT2D eigenvalue weighted by Gasteiger charge is -2.08. The van der Waals surface area contributed by atoms with Gasteiger partial charge in [0.2, 0.25) is 0 Å². The van der Waals surface area contributed by atoms with Crippen LogP contribution in [0, 0.1) is 0 Å². The molecule has 0 fully saturated rings. The van der Waals surface area contributed by atoms with Gasteiger partial charge >= 0.3 is 11.9 Å². The molecular weight excluding hydrogens is 444 g/mol. The fraction of sp³-hybridized carbons (Fsp3) is 0.111. The maximum Gasteiger partial charge on any atom is 0.357 e. The first-order chi connectivity index (χ1) is 17.1. The van der Waals surface area contributed by atoms with Crippen LogP contribution in [0.25, 0.3) is 27.8 Å². The van der Waals surface area contributed by atoms with E-state index >= 15 is 0 Å². The molecule has 0 unspecified atom stereocenters.